The van der Waals surface area contributed by atoms with Crippen LogP contribution in [0, 0.1) is 0 Å². The van der Waals surface area contributed by atoms with Crippen molar-refractivity contribution in [3.8, 4) is 5.75 Å². The molecule has 0 radical (unpaired) electrons. The summed E-state index contributed by atoms with van der Waals surface area (Å²) >= 11 is 0. The van der Waals surface area contributed by atoms with Crippen LogP contribution in [-0.2, 0) is 11.2 Å². The average Bonchev–Trinajstić information content (AvgIpc) is 2.30. The molecule has 2 N–H and O–H groups in total. The maximum absolute atomic E-state index is 10.7. The molecule has 1 aromatic rings. The number of benzene rings is 1. The molecule has 1 aliphatic rings. The second-order valence-corrected chi connectivity index (χ2v) is 4.37. The van der Waals surface area contributed by atoms with Gasteiger partial charge in [0.05, 0.1) is 6.10 Å². The summed E-state index contributed by atoms with van der Waals surface area (Å²) in [5.74, 6) is -0.497. The van der Waals surface area contributed by atoms with Gasteiger partial charge in [0.1, 0.15) is 5.75 Å². The first kappa shape index (κ1) is 11.9. The lowest BCUT2D eigenvalue weighted by Crippen LogP contribution is -2.23. The zero-order valence-corrected chi connectivity index (χ0v) is 9.72. The highest BCUT2D eigenvalue weighted by Crippen LogP contribution is 2.32. The summed E-state index contributed by atoms with van der Waals surface area (Å²) < 4.78 is 5.28. The third kappa shape index (κ3) is 2.58. The second kappa shape index (κ2) is 4.75. The first-order valence-corrected chi connectivity index (χ1v) is 5.78. The standard InChI is InChI=1S/C13H16O4/c1-8(13(15)16)17-10-6-5-9-3-2-4-12(14)11(9)7-10/h5-8,12,14H,2-4H2,1H3,(H,15,16)/t8?,12-/m0/s1. The van der Waals surface area contributed by atoms with Gasteiger partial charge in [-0.2, -0.15) is 0 Å². The Balaban J connectivity index is 2.20. The Kier molecular flexibility index (Phi) is 3.33. The molecule has 1 aliphatic carbocycles. The molecule has 2 atom stereocenters. The van der Waals surface area contributed by atoms with E-state index in [1.807, 2.05) is 6.07 Å². The van der Waals surface area contributed by atoms with Crippen LogP contribution in [0.15, 0.2) is 18.2 Å². The van der Waals surface area contributed by atoms with Gasteiger partial charge in [-0.1, -0.05) is 6.07 Å². The summed E-state index contributed by atoms with van der Waals surface area (Å²) in [4.78, 5) is 10.7. The fourth-order valence-electron chi connectivity index (χ4n) is 2.08. The summed E-state index contributed by atoms with van der Waals surface area (Å²) in [6, 6.07) is 5.41. The molecule has 0 fully saturated rings. The monoisotopic (exact) mass is 236 g/mol. The van der Waals surface area contributed by atoms with Gasteiger partial charge in [-0.25, -0.2) is 4.79 Å². The Labute approximate surface area is 99.8 Å². The normalized spacial score (nSPS) is 20.5. The lowest BCUT2D eigenvalue weighted by molar-refractivity contribution is -0.144. The fraction of sp³-hybridized carbons (Fsp3) is 0.462. The molecule has 4 nitrogen and oxygen atoms in total. The van der Waals surface area contributed by atoms with Gasteiger partial charge < -0.3 is 14.9 Å². The molecule has 1 unspecified atom stereocenters. The van der Waals surface area contributed by atoms with E-state index in [0.29, 0.717) is 5.75 Å². The van der Waals surface area contributed by atoms with Crippen LogP contribution in [0.1, 0.15) is 37.0 Å². The number of ether oxygens (including phenoxy) is 1. The van der Waals surface area contributed by atoms with Gasteiger partial charge in [-0.05, 0) is 49.4 Å². The fourth-order valence-corrected chi connectivity index (χ4v) is 2.08. The minimum absolute atomic E-state index is 0.456. The number of carboxylic acid groups (broad SMARTS) is 1. The molecule has 0 saturated carbocycles. The number of hydrogen-bond acceptors (Lipinski definition) is 3. The van der Waals surface area contributed by atoms with E-state index in [1.54, 1.807) is 12.1 Å². The van der Waals surface area contributed by atoms with Crippen molar-refractivity contribution in [1.82, 2.24) is 0 Å². The van der Waals surface area contributed by atoms with Gasteiger partial charge in [0.25, 0.3) is 0 Å². The van der Waals surface area contributed by atoms with Crippen molar-refractivity contribution < 1.29 is 19.7 Å². The van der Waals surface area contributed by atoms with Crippen LogP contribution in [-0.4, -0.2) is 22.3 Å². The molecule has 2 rings (SSSR count). The van der Waals surface area contributed by atoms with Crippen molar-refractivity contribution in [1.29, 1.82) is 0 Å². The van der Waals surface area contributed by atoms with E-state index < -0.39 is 18.2 Å². The van der Waals surface area contributed by atoms with Crippen molar-refractivity contribution in [3.63, 3.8) is 0 Å². The predicted molar refractivity (Wildman–Crippen MR) is 62.1 cm³/mol. The smallest absolute Gasteiger partial charge is 0.344 e. The highest BCUT2D eigenvalue weighted by atomic mass is 16.5. The van der Waals surface area contributed by atoms with Gasteiger partial charge in [0.2, 0.25) is 0 Å². The van der Waals surface area contributed by atoms with Crippen LogP contribution in [0.5, 0.6) is 5.75 Å². The summed E-state index contributed by atoms with van der Waals surface area (Å²) in [5, 5.41) is 18.6. The molecule has 0 bridgehead atoms. The Morgan fingerprint density at radius 2 is 2.29 bits per heavy atom. The molecule has 0 aromatic heterocycles. The number of hydrogen-bond donors (Lipinski definition) is 2. The predicted octanol–water partition coefficient (Wildman–Crippen LogP) is 1.91. The third-order valence-corrected chi connectivity index (χ3v) is 3.06. The molecule has 0 saturated heterocycles. The number of fused-ring (bicyclic) bond motifs is 1. The van der Waals surface area contributed by atoms with Gasteiger partial charge in [-0.3, -0.25) is 0 Å². The van der Waals surface area contributed by atoms with Crippen molar-refractivity contribution in [2.24, 2.45) is 0 Å². The lowest BCUT2D eigenvalue weighted by Gasteiger charge is -2.22. The van der Waals surface area contributed by atoms with E-state index in [9.17, 15) is 9.90 Å². The van der Waals surface area contributed by atoms with Crippen LogP contribution in [0.3, 0.4) is 0 Å². The van der Waals surface area contributed by atoms with E-state index >= 15 is 0 Å². The van der Waals surface area contributed by atoms with Crippen molar-refractivity contribution in [2.45, 2.75) is 38.4 Å². The number of aryl methyl sites for hydroxylation is 1. The van der Waals surface area contributed by atoms with E-state index in [0.717, 1.165) is 30.4 Å². The maximum atomic E-state index is 10.7. The molecule has 0 aliphatic heterocycles. The summed E-state index contributed by atoms with van der Waals surface area (Å²) in [6.07, 6.45) is 1.36. The van der Waals surface area contributed by atoms with Gasteiger partial charge in [0.15, 0.2) is 6.10 Å². The van der Waals surface area contributed by atoms with Crippen LogP contribution in [0.4, 0.5) is 0 Å². The number of carboxylic acids is 1. The highest BCUT2D eigenvalue weighted by molar-refractivity contribution is 5.72. The highest BCUT2D eigenvalue weighted by Gasteiger charge is 2.19. The van der Waals surface area contributed by atoms with Crippen molar-refractivity contribution in [3.05, 3.63) is 29.3 Å². The first-order chi connectivity index (χ1) is 8.08. The zero-order chi connectivity index (χ0) is 12.4. The number of rotatable bonds is 3. The summed E-state index contributed by atoms with van der Waals surface area (Å²) in [7, 11) is 0. The molecule has 0 amide bonds. The van der Waals surface area contributed by atoms with Crippen LogP contribution in [0.25, 0.3) is 0 Å². The van der Waals surface area contributed by atoms with E-state index in [-0.39, 0.29) is 0 Å². The lowest BCUT2D eigenvalue weighted by atomic mass is 9.89. The molecule has 0 spiro atoms. The number of aliphatic carboxylic acids is 1. The van der Waals surface area contributed by atoms with E-state index in [4.69, 9.17) is 9.84 Å². The molecule has 92 valence electrons. The Morgan fingerprint density at radius 3 is 3.00 bits per heavy atom. The Morgan fingerprint density at radius 1 is 1.53 bits per heavy atom. The molecular formula is C13H16O4. The summed E-state index contributed by atoms with van der Waals surface area (Å²) in [5.41, 5.74) is 1.99. The number of aliphatic hydroxyl groups is 1. The van der Waals surface area contributed by atoms with Gasteiger partial charge >= 0.3 is 5.97 Å². The quantitative estimate of drug-likeness (QED) is 0.841. The molecular weight excluding hydrogens is 220 g/mol. The second-order valence-electron chi connectivity index (χ2n) is 4.37. The SMILES string of the molecule is CC(Oc1ccc2c(c1)[C@@H](O)CCC2)C(=O)O. The maximum Gasteiger partial charge on any atom is 0.344 e. The van der Waals surface area contributed by atoms with Crippen molar-refractivity contribution >= 4 is 5.97 Å². The summed E-state index contributed by atoms with van der Waals surface area (Å²) in [6.45, 7) is 1.48. The molecule has 4 heteroatoms. The Bertz CT molecular complexity index is 427. The van der Waals surface area contributed by atoms with Crippen LogP contribution >= 0.6 is 0 Å². The number of carbonyl (C=O) groups is 1. The van der Waals surface area contributed by atoms with Crippen LogP contribution in [0.2, 0.25) is 0 Å². The topological polar surface area (TPSA) is 66.8 Å². The molecule has 17 heavy (non-hydrogen) atoms. The Hall–Kier alpha value is -1.55. The van der Waals surface area contributed by atoms with E-state index in [1.165, 1.54) is 6.92 Å². The minimum Gasteiger partial charge on any atom is -0.479 e. The number of aliphatic hydroxyl groups excluding tert-OH is 1. The largest absolute Gasteiger partial charge is 0.479 e. The van der Waals surface area contributed by atoms with Gasteiger partial charge in [0, 0.05) is 0 Å². The molecule has 0 heterocycles. The van der Waals surface area contributed by atoms with Gasteiger partial charge in [-0.15, -0.1) is 0 Å². The van der Waals surface area contributed by atoms with Crippen LogP contribution < -0.4 is 4.74 Å². The van der Waals surface area contributed by atoms with E-state index in [2.05, 4.69) is 0 Å². The first-order valence-electron chi connectivity index (χ1n) is 5.78. The van der Waals surface area contributed by atoms with Crippen molar-refractivity contribution in [2.75, 3.05) is 0 Å². The average molecular weight is 236 g/mol. The third-order valence-electron chi connectivity index (χ3n) is 3.06. The molecule has 1 aromatic carbocycles. The minimum atomic E-state index is -0.997. The zero-order valence-electron chi connectivity index (χ0n) is 9.72.